The minimum Gasteiger partial charge on any atom is -0.497 e. The molecule has 0 spiro atoms. The molecular weight excluding hydrogens is 476 g/mol. The molecule has 0 saturated heterocycles. The fourth-order valence-electron chi connectivity index (χ4n) is 4.42. The van der Waals surface area contributed by atoms with E-state index >= 15 is 0 Å². The second-order valence-electron chi connectivity index (χ2n) is 9.17. The van der Waals surface area contributed by atoms with Crippen LogP contribution < -0.4 is 18.9 Å². The highest BCUT2D eigenvalue weighted by molar-refractivity contribution is 5.85. The van der Waals surface area contributed by atoms with Gasteiger partial charge in [-0.1, -0.05) is 13.8 Å². The summed E-state index contributed by atoms with van der Waals surface area (Å²) in [6.07, 6.45) is 2.57. The molecule has 2 rings (SSSR count). The Balaban J connectivity index is 0.00000648. The summed E-state index contributed by atoms with van der Waals surface area (Å²) in [4.78, 5) is 2.32. The molecular formula is C29H43ClN2O4. The zero-order valence-electron chi connectivity index (χ0n) is 22.9. The molecule has 200 valence electrons. The molecule has 0 saturated carbocycles. The first-order valence-corrected chi connectivity index (χ1v) is 12.5. The maximum absolute atomic E-state index is 10.3. The van der Waals surface area contributed by atoms with Crippen LogP contribution in [0.4, 0.5) is 0 Å². The molecule has 0 heterocycles. The summed E-state index contributed by atoms with van der Waals surface area (Å²) in [7, 11) is 5.41. The van der Waals surface area contributed by atoms with Gasteiger partial charge < -0.3 is 23.8 Å². The molecule has 0 aliphatic carbocycles. The number of methoxy groups -OCH3 is 2. The van der Waals surface area contributed by atoms with E-state index in [2.05, 4.69) is 44.0 Å². The van der Waals surface area contributed by atoms with Gasteiger partial charge in [0, 0.05) is 18.7 Å². The number of rotatable bonds is 15. The lowest BCUT2D eigenvalue weighted by molar-refractivity contribution is 0.292. The molecule has 1 unspecified atom stereocenters. The Labute approximate surface area is 223 Å². The van der Waals surface area contributed by atoms with E-state index in [1.54, 1.807) is 14.2 Å². The molecule has 2 aromatic carbocycles. The topological polar surface area (TPSA) is 64.0 Å². The normalized spacial score (nSPS) is 12.4. The first-order valence-electron chi connectivity index (χ1n) is 12.5. The first-order chi connectivity index (χ1) is 16.8. The Morgan fingerprint density at radius 3 is 1.83 bits per heavy atom. The average molecular weight is 519 g/mol. The highest BCUT2D eigenvalue weighted by Crippen LogP contribution is 2.40. The second kappa shape index (κ2) is 15.5. The van der Waals surface area contributed by atoms with E-state index in [-0.39, 0.29) is 18.3 Å². The molecule has 7 heteroatoms. The molecule has 0 fully saturated rings. The van der Waals surface area contributed by atoms with E-state index in [1.807, 2.05) is 38.1 Å². The predicted octanol–water partition coefficient (Wildman–Crippen LogP) is 6.30. The number of halogens is 1. The van der Waals surface area contributed by atoms with E-state index < -0.39 is 5.41 Å². The SMILES string of the molecule is CCOc1cc(CCN(C)CCCC(C#N)(c2cc(OC)cc(OC)c2)C(C)C)cc(OCC)c1.Cl. The number of hydrogen-bond donors (Lipinski definition) is 0. The van der Waals surface area contributed by atoms with Gasteiger partial charge in [-0.15, -0.1) is 12.4 Å². The van der Waals surface area contributed by atoms with Gasteiger partial charge in [-0.2, -0.15) is 5.26 Å². The van der Waals surface area contributed by atoms with Crippen LogP contribution in [0, 0.1) is 17.2 Å². The Bertz CT molecular complexity index is 930. The molecule has 0 N–H and O–H groups in total. The molecule has 6 nitrogen and oxygen atoms in total. The fraction of sp³-hybridized carbons (Fsp3) is 0.552. The van der Waals surface area contributed by atoms with Gasteiger partial charge in [0.15, 0.2) is 0 Å². The van der Waals surface area contributed by atoms with Crippen molar-refractivity contribution in [2.45, 2.75) is 52.4 Å². The maximum Gasteiger partial charge on any atom is 0.123 e. The van der Waals surface area contributed by atoms with Gasteiger partial charge in [-0.05, 0) is 88.0 Å². The van der Waals surface area contributed by atoms with Crippen molar-refractivity contribution in [1.29, 1.82) is 5.26 Å². The van der Waals surface area contributed by atoms with Crippen molar-refractivity contribution in [3.05, 3.63) is 47.5 Å². The molecule has 0 aromatic heterocycles. The van der Waals surface area contributed by atoms with E-state index in [1.165, 1.54) is 5.56 Å². The lowest BCUT2D eigenvalue weighted by Crippen LogP contribution is -2.32. The largest absolute Gasteiger partial charge is 0.497 e. The van der Waals surface area contributed by atoms with Crippen molar-refractivity contribution in [2.24, 2.45) is 5.92 Å². The molecule has 36 heavy (non-hydrogen) atoms. The summed E-state index contributed by atoms with van der Waals surface area (Å²) >= 11 is 0. The minimum atomic E-state index is -0.610. The van der Waals surface area contributed by atoms with Crippen molar-refractivity contribution in [1.82, 2.24) is 4.90 Å². The molecule has 1 atom stereocenters. The van der Waals surface area contributed by atoms with Crippen LogP contribution in [0.15, 0.2) is 36.4 Å². The minimum absolute atomic E-state index is 0. The maximum atomic E-state index is 10.3. The van der Waals surface area contributed by atoms with E-state index in [0.29, 0.717) is 24.7 Å². The lowest BCUT2D eigenvalue weighted by atomic mass is 9.69. The fourth-order valence-corrected chi connectivity index (χ4v) is 4.42. The number of likely N-dealkylation sites (N-methyl/N-ethyl adjacent to an activating group) is 1. The van der Waals surface area contributed by atoms with Crippen LogP contribution >= 0.6 is 12.4 Å². The third-order valence-corrected chi connectivity index (χ3v) is 6.51. The molecule has 0 amide bonds. The van der Waals surface area contributed by atoms with Gasteiger partial charge >= 0.3 is 0 Å². The summed E-state index contributed by atoms with van der Waals surface area (Å²) in [5.41, 5.74) is 1.54. The van der Waals surface area contributed by atoms with Crippen LogP contribution in [0.2, 0.25) is 0 Å². The van der Waals surface area contributed by atoms with Crippen LogP contribution in [0.25, 0.3) is 0 Å². The molecule has 0 aliphatic rings. The lowest BCUT2D eigenvalue weighted by Gasteiger charge is -2.32. The number of hydrogen-bond acceptors (Lipinski definition) is 6. The third kappa shape index (κ3) is 8.50. The Morgan fingerprint density at radius 1 is 0.861 bits per heavy atom. The average Bonchev–Trinajstić information content (AvgIpc) is 2.85. The van der Waals surface area contributed by atoms with E-state index in [0.717, 1.165) is 49.4 Å². The number of ether oxygens (including phenoxy) is 4. The van der Waals surface area contributed by atoms with Crippen LogP contribution in [0.1, 0.15) is 51.7 Å². The van der Waals surface area contributed by atoms with Gasteiger partial charge in [0.2, 0.25) is 0 Å². The highest BCUT2D eigenvalue weighted by atomic mass is 35.5. The molecule has 0 bridgehead atoms. The van der Waals surface area contributed by atoms with Crippen LogP contribution in [0.3, 0.4) is 0 Å². The van der Waals surface area contributed by atoms with Gasteiger partial charge in [-0.25, -0.2) is 0 Å². The summed E-state index contributed by atoms with van der Waals surface area (Å²) in [5.74, 6) is 3.25. The third-order valence-electron chi connectivity index (χ3n) is 6.51. The van der Waals surface area contributed by atoms with Crippen molar-refractivity contribution in [2.75, 3.05) is 47.6 Å². The van der Waals surface area contributed by atoms with Crippen LogP contribution in [-0.4, -0.2) is 52.5 Å². The summed E-state index contributed by atoms with van der Waals surface area (Å²) < 4.78 is 22.4. The van der Waals surface area contributed by atoms with Crippen molar-refractivity contribution in [3.63, 3.8) is 0 Å². The number of nitrogens with zero attached hydrogens (tertiary/aromatic N) is 2. The first kappa shape index (κ1) is 31.4. The molecule has 2 aromatic rings. The monoisotopic (exact) mass is 518 g/mol. The zero-order chi connectivity index (χ0) is 25.8. The van der Waals surface area contributed by atoms with E-state index in [9.17, 15) is 5.26 Å². The van der Waals surface area contributed by atoms with Crippen LogP contribution in [0.5, 0.6) is 23.0 Å². The summed E-state index contributed by atoms with van der Waals surface area (Å²) in [5, 5.41) is 10.3. The zero-order valence-corrected chi connectivity index (χ0v) is 23.7. The Kier molecular flexibility index (Phi) is 13.5. The smallest absolute Gasteiger partial charge is 0.123 e. The van der Waals surface area contributed by atoms with Crippen LogP contribution in [-0.2, 0) is 11.8 Å². The summed E-state index contributed by atoms with van der Waals surface area (Å²) in [6, 6.07) is 14.6. The Hall–Kier alpha value is -2.62. The molecule has 0 radical (unpaired) electrons. The predicted molar refractivity (Wildman–Crippen MR) is 148 cm³/mol. The standard InChI is InChI=1S/C29H42N2O4.ClH/c1-8-34-27-15-23(16-28(20-27)35-9-2)11-14-31(5)13-10-12-29(21-30,22(3)4)24-17-25(32-6)19-26(18-24)33-7;/h15-20,22H,8-14H2,1-7H3;1H. The highest BCUT2D eigenvalue weighted by Gasteiger charge is 2.36. The van der Waals surface area contributed by atoms with E-state index in [4.69, 9.17) is 18.9 Å². The van der Waals surface area contributed by atoms with Crippen molar-refractivity contribution in [3.8, 4) is 29.1 Å². The van der Waals surface area contributed by atoms with Crippen molar-refractivity contribution >= 4 is 12.4 Å². The van der Waals surface area contributed by atoms with Gasteiger partial charge in [0.05, 0.1) is 38.9 Å². The van der Waals surface area contributed by atoms with Gasteiger partial charge in [-0.3, -0.25) is 0 Å². The number of nitriles is 1. The molecule has 0 aliphatic heterocycles. The van der Waals surface area contributed by atoms with Gasteiger partial charge in [0.1, 0.15) is 23.0 Å². The number of benzene rings is 2. The van der Waals surface area contributed by atoms with Crippen molar-refractivity contribution < 1.29 is 18.9 Å². The Morgan fingerprint density at radius 2 is 1.39 bits per heavy atom. The second-order valence-corrected chi connectivity index (χ2v) is 9.17. The summed E-state index contributed by atoms with van der Waals surface area (Å²) in [6.45, 7) is 11.3. The van der Waals surface area contributed by atoms with Gasteiger partial charge in [0.25, 0.3) is 0 Å². The quantitative estimate of drug-likeness (QED) is 0.276.